The Balaban J connectivity index is 2.01. The van der Waals surface area contributed by atoms with E-state index in [1.807, 2.05) is 24.3 Å². The number of nitrogens with zero attached hydrogens (tertiary/aromatic N) is 2. The lowest BCUT2D eigenvalue weighted by atomic mass is 9.88. The van der Waals surface area contributed by atoms with Crippen LogP contribution in [0.2, 0.25) is 0 Å². The van der Waals surface area contributed by atoms with Crippen LogP contribution in [0.15, 0.2) is 41.6 Å². The minimum absolute atomic E-state index is 0.0593. The third-order valence-corrected chi connectivity index (χ3v) is 4.82. The lowest BCUT2D eigenvalue weighted by molar-refractivity contribution is 0.288. The highest BCUT2D eigenvalue weighted by Crippen LogP contribution is 2.42. The SMILES string of the molecule is C#CCN1CCc2c(-c3ccccc3)cc3c(N=O)c(O)[nH]c3c2C1. The van der Waals surface area contributed by atoms with Gasteiger partial charge in [-0.05, 0) is 39.9 Å². The average Bonchev–Trinajstić information content (AvgIpc) is 2.97. The monoisotopic (exact) mass is 331 g/mol. The Kier molecular flexibility index (Phi) is 3.75. The normalized spacial score (nSPS) is 14.2. The number of benzene rings is 2. The van der Waals surface area contributed by atoms with E-state index in [9.17, 15) is 10.0 Å². The molecule has 124 valence electrons. The standard InChI is InChI=1S/C20H17N3O2/c1-2-9-23-10-8-14-15(13-6-4-3-5-7-13)11-16-18(17(14)12-23)21-20(24)19(16)22-25/h1,3-7,11,21,24H,8-10,12H2. The van der Waals surface area contributed by atoms with Gasteiger partial charge in [-0.25, -0.2) is 0 Å². The lowest BCUT2D eigenvalue weighted by Crippen LogP contribution is -2.31. The molecule has 2 aromatic carbocycles. The summed E-state index contributed by atoms with van der Waals surface area (Å²) in [6.45, 7) is 2.13. The van der Waals surface area contributed by atoms with Crippen LogP contribution in [-0.2, 0) is 13.0 Å². The first-order chi connectivity index (χ1) is 12.2. The van der Waals surface area contributed by atoms with E-state index in [0.29, 0.717) is 18.5 Å². The van der Waals surface area contributed by atoms with Crippen molar-refractivity contribution in [3.8, 4) is 29.4 Å². The number of aromatic hydroxyl groups is 1. The van der Waals surface area contributed by atoms with Crippen LogP contribution in [0.5, 0.6) is 5.88 Å². The molecule has 0 bridgehead atoms. The molecule has 0 saturated heterocycles. The number of nitrogens with one attached hydrogen (secondary N) is 1. The molecule has 0 saturated carbocycles. The molecule has 0 unspecified atom stereocenters. The molecule has 0 radical (unpaired) electrons. The van der Waals surface area contributed by atoms with Gasteiger partial charge in [0.25, 0.3) is 0 Å². The third-order valence-electron chi connectivity index (χ3n) is 4.82. The number of nitroso groups, excluding NO2 is 1. The first kappa shape index (κ1) is 15.4. The molecule has 2 heterocycles. The number of hydrogen-bond acceptors (Lipinski definition) is 4. The summed E-state index contributed by atoms with van der Waals surface area (Å²) in [4.78, 5) is 16.3. The van der Waals surface area contributed by atoms with Crippen molar-refractivity contribution in [3.05, 3.63) is 52.4 Å². The first-order valence-corrected chi connectivity index (χ1v) is 8.17. The molecular weight excluding hydrogens is 314 g/mol. The molecule has 5 heteroatoms. The predicted molar refractivity (Wildman–Crippen MR) is 98.7 cm³/mol. The molecule has 2 N–H and O–H groups in total. The van der Waals surface area contributed by atoms with E-state index < -0.39 is 0 Å². The maximum absolute atomic E-state index is 11.2. The zero-order chi connectivity index (χ0) is 17.4. The number of aromatic nitrogens is 1. The maximum Gasteiger partial charge on any atom is 0.219 e. The number of hydrogen-bond donors (Lipinski definition) is 2. The Bertz CT molecular complexity index is 999. The van der Waals surface area contributed by atoms with Gasteiger partial charge in [-0.15, -0.1) is 11.3 Å². The summed E-state index contributed by atoms with van der Waals surface area (Å²) in [5, 5.41) is 13.7. The molecule has 0 fully saturated rings. The number of aromatic amines is 1. The van der Waals surface area contributed by atoms with E-state index in [4.69, 9.17) is 6.42 Å². The maximum atomic E-state index is 11.2. The second-order valence-corrected chi connectivity index (χ2v) is 6.25. The Labute approximate surface area is 145 Å². The number of terminal acetylenes is 1. The second-order valence-electron chi connectivity index (χ2n) is 6.25. The molecule has 1 aliphatic heterocycles. The van der Waals surface area contributed by atoms with Crippen LogP contribution in [0.4, 0.5) is 5.69 Å². The average molecular weight is 331 g/mol. The quantitative estimate of drug-likeness (QED) is 0.564. The van der Waals surface area contributed by atoms with Crippen LogP contribution in [-0.4, -0.2) is 28.1 Å². The van der Waals surface area contributed by atoms with E-state index in [0.717, 1.165) is 35.2 Å². The molecule has 5 nitrogen and oxygen atoms in total. The van der Waals surface area contributed by atoms with Crippen molar-refractivity contribution in [3.63, 3.8) is 0 Å². The fourth-order valence-electron chi connectivity index (χ4n) is 3.68. The minimum atomic E-state index is -0.188. The largest absolute Gasteiger partial charge is 0.493 e. The van der Waals surface area contributed by atoms with E-state index >= 15 is 0 Å². The van der Waals surface area contributed by atoms with Gasteiger partial charge in [0.15, 0.2) is 5.69 Å². The summed E-state index contributed by atoms with van der Waals surface area (Å²) in [6.07, 6.45) is 6.33. The van der Waals surface area contributed by atoms with Crippen LogP contribution in [0, 0.1) is 17.3 Å². The Hall–Kier alpha value is -3.10. The van der Waals surface area contributed by atoms with E-state index in [2.05, 4.69) is 33.1 Å². The number of H-pyrrole nitrogens is 1. The van der Waals surface area contributed by atoms with Gasteiger partial charge in [0.1, 0.15) is 0 Å². The van der Waals surface area contributed by atoms with Gasteiger partial charge in [0.2, 0.25) is 5.88 Å². The van der Waals surface area contributed by atoms with Crippen LogP contribution < -0.4 is 0 Å². The number of rotatable bonds is 3. The van der Waals surface area contributed by atoms with Crippen LogP contribution in [0.25, 0.3) is 22.0 Å². The van der Waals surface area contributed by atoms with Crippen LogP contribution in [0.3, 0.4) is 0 Å². The zero-order valence-electron chi connectivity index (χ0n) is 13.6. The smallest absolute Gasteiger partial charge is 0.219 e. The molecule has 0 aliphatic carbocycles. The molecular formula is C20H17N3O2. The van der Waals surface area contributed by atoms with Crippen molar-refractivity contribution in [2.24, 2.45) is 5.18 Å². The molecule has 4 rings (SSSR count). The fourth-order valence-corrected chi connectivity index (χ4v) is 3.68. The van der Waals surface area contributed by atoms with Crippen molar-refractivity contribution >= 4 is 16.6 Å². The van der Waals surface area contributed by atoms with E-state index in [1.54, 1.807) is 0 Å². The van der Waals surface area contributed by atoms with Crippen molar-refractivity contribution in [1.29, 1.82) is 0 Å². The van der Waals surface area contributed by atoms with Gasteiger partial charge in [-0.1, -0.05) is 36.3 Å². The highest BCUT2D eigenvalue weighted by Gasteiger charge is 2.25. The Morgan fingerprint density at radius 2 is 2.08 bits per heavy atom. The highest BCUT2D eigenvalue weighted by atomic mass is 16.3. The van der Waals surface area contributed by atoms with Crippen molar-refractivity contribution in [2.45, 2.75) is 13.0 Å². The van der Waals surface area contributed by atoms with Crippen LogP contribution >= 0.6 is 0 Å². The van der Waals surface area contributed by atoms with Gasteiger partial charge < -0.3 is 10.1 Å². The minimum Gasteiger partial charge on any atom is -0.493 e. The molecule has 0 amide bonds. The highest BCUT2D eigenvalue weighted by molar-refractivity contribution is 6.00. The van der Waals surface area contributed by atoms with Crippen LogP contribution in [0.1, 0.15) is 11.1 Å². The van der Waals surface area contributed by atoms with E-state index in [1.165, 1.54) is 5.56 Å². The second kappa shape index (κ2) is 6.08. The first-order valence-electron chi connectivity index (χ1n) is 8.17. The third kappa shape index (κ3) is 2.48. The number of fused-ring (bicyclic) bond motifs is 3. The molecule has 0 spiro atoms. The predicted octanol–water partition coefficient (Wildman–Crippen LogP) is 3.93. The summed E-state index contributed by atoms with van der Waals surface area (Å²) in [5.41, 5.74) is 5.29. The lowest BCUT2D eigenvalue weighted by Gasteiger charge is -2.29. The summed E-state index contributed by atoms with van der Waals surface area (Å²) >= 11 is 0. The van der Waals surface area contributed by atoms with Crippen molar-refractivity contribution in [1.82, 2.24) is 9.88 Å². The van der Waals surface area contributed by atoms with Gasteiger partial charge in [0.05, 0.1) is 12.1 Å². The van der Waals surface area contributed by atoms with Gasteiger partial charge in [0, 0.05) is 18.5 Å². The summed E-state index contributed by atoms with van der Waals surface area (Å²) in [6, 6.07) is 12.0. The fraction of sp³-hybridized carbons (Fsp3) is 0.200. The van der Waals surface area contributed by atoms with Crippen molar-refractivity contribution in [2.75, 3.05) is 13.1 Å². The molecule has 25 heavy (non-hydrogen) atoms. The van der Waals surface area contributed by atoms with Crippen molar-refractivity contribution < 1.29 is 5.11 Å². The molecule has 3 aromatic rings. The van der Waals surface area contributed by atoms with Gasteiger partial charge in [-0.3, -0.25) is 4.90 Å². The molecule has 1 aliphatic rings. The van der Waals surface area contributed by atoms with Gasteiger partial charge >= 0.3 is 0 Å². The topological polar surface area (TPSA) is 68.7 Å². The zero-order valence-corrected chi connectivity index (χ0v) is 13.6. The van der Waals surface area contributed by atoms with E-state index in [-0.39, 0.29) is 11.6 Å². The Morgan fingerprint density at radius 3 is 2.80 bits per heavy atom. The van der Waals surface area contributed by atoms with Gasteiger partial charge in [-0.2, -0.15) is 0 Å². The summed E-state index contributed by atoms with van der Waals surface area (Å²) in [5.74, 6) is 2.50. The summed E-state index contributed by atoms with van der Waals surface area (Å²) in [7, 11) is 0. The molecule has 0 atom stereocenters. The summed E-state index contributed by atoms with van der Waals surface area (Å²) < 4.78 is 0. The Morgan fingerprint density at radius 1 is 1.28 bits per heavy atom. The molecule has 1 aromatic heterocycles.